The molecule has 10 heteroatoms. The van der Waals surface area contributed by atoms with E-state index in [1.807, 2.05) is 42.5 Å². The van der Waals surface area contributed by atoms with E-state index in [-0.39, 0.29) is 21.4 Å². The third-order valence-electron chi connectivity index (χ3n) is 4.76. The lowest BCUT2D eigenvalue weighted by molar-refractivity contribution is -0.139. The van der Waals surface area contributed by atoms with Gasteiger partial charge in [0.15, 0.2) is 5.57 Å². The van der Waals surface area contributed by atoms with Crippen molar-refractivity contribution in [2.24, 2.45) is 0 Å². The summed E-state index contributed by atoms with van der Waals surface area (Å²) >= 11 is 0.812. The highest BCUT2D eigenvalue weighted by Gasteiger charge is 2.34. The van der Waals surface area contributed by atoms with E-state index in [0.29, 0.717) is 17.8 Å². The highest BCUT2D eigenvalue weighted by molar-refractivity contribution is 8.20. The van der Waals surface area contributed by atoms with E-state index in [2.05, 4.69) is 15.4 Å². The van der Waals surface area contributed by atoms with E-state index < -0.39 is 21.9 Å². The Kier molecular flexibility index (Phi) is 7.96. The molecule has 0 atom stereocenters. The number of rotatable bonds is 8. The summed E-state index contributed by atoms with van der Waals surface area (Å²) in [6.07, 6.45) is 0.366. The largest absolute Gasteiger partial charge is 0.462 e. The number of esters is 1. The summed E-state index contributed by atoms with van der Waals surface area (Å²) in [6, 6.07) is 17.0. The third-order valence-corrected chi connectivity index (χ3v) is 7.88. The molecule has 1 amide bonds. The Morgan fingerprint density at radius 2 is 1.64 bits per heavy atom. The molecule has 0 saturated heterocycles. The second-order valence-corrected chi connectivity index (χ2v) is 9.98. The molecule has 174 valence electrons. The lowest BCUT2D eigenvalue weighted by Gasteiger charge is -2.12. The van der Waals surface area contributed by atoms with Crippen LogP contribution in [0.2, 0.25) is 0 Å². The van der Waals surface area contributed by atoms with Gasteiger partial charge in [0, 0.05) is 11.4 Å². The number of sulfonamides is 1. The SMILES string of the molecule is CCOC(=O)/C(C(=O)Nc1ccc(-c2ccccc2)cc1)=C1/NC(CC)=C(S(=O)(=O)NC)S1. The molecule has 0 unspecified atom stereocenters. The van der Waals surface area contributed by atoms with Gasteiger partial charge < -0.3 is 15.4 Å². The molecule has 1 aliphatic heterocycles. The summed E-state index contributed by atoms with van der Waals surface area (Å²) in [6.45, 7) is 3.46. The fourth-order valence-corrected chi connectivity index (χ4v) is 5.69. The molecule has 8 nitrogen and oxygen atoms in total. The van der Waals surface area contributed by atoms with E-state index in [4.69, 9.17) is 4.74 Å². The summed E-state index contributed by atoms with van der Waals surface area (Å²) in [4.78, 5) is 25.7. The Labute approximate surface area is 197 Å². The smallest absolute Gasteiger partial charge is 0.346 e. The normalized spacial score (nSPS) is 15.1. The molecule has 2 aromatic rings. The fourth-order valence-electron chi connectivity index (χ4n) is 3.09. The zero-order valence-electron chi connectivity index (χ0n) is 18.5. The molecule has 0 saturated carbocycles. The monoisotopic (exact) mass is 487 g/mol. The Morgan fingerprint density at radius 1 is 1.00 bits per heavy atom. The molecule has 33 heavy (non-hydrogen) atoms. The number of carbonyl (C=O) groups excluding carboxylic acids is 2. The quantitative estimate of drug-likeness (QED) is 0.226. The summed E-state index contributed by atoms with van der Waals surface area (Å²) < 4.78 is 32.1. The molecule has 3 N–H and O–H groups in total. The van der Waals surface area contributed by atoms with Gasteiger partial charge in [-0.3, -0.25) is 4.79 Å². The molecule has 3 rings (SSSR count). The number of thioether (sulfide) groups is 1. The second kappa shape index (κ2) is 10.7. The molecular weight excluding hydrogens is 462 g/mol. The average molecular weight is 488 g/mol. The second-order valence-electron chi connectivity index (χ2n) is 6.88. The van der Waals surface area contributed by atoms with Crippen LogP contribution in [0.4, 0.5) is 5.69 Å². The molecule has 2 aromatic carbocycles. The molecule has 0 spiro atoms. The Hall–Kier alpha value is -3.08. The van der Waals surface area contributed by atoms with Crippen LogP contribution < -0.4 is 15.4 Å². The van der Waals surface area contributed by atoms with Gasteiger partial charge in [-0.2, -0.15) is 0 Å². The van der Waals surface area contributed by atoms with Crippen LogP contribution in [-0.2, 0) is 24.3 Å². The van der Waals surface area contributed by atoms with E-state index >= 15 is 0 Å². The first-order valence-corrected chi connectivity index (χ1v) is 12.6. The van der Waals surface area contributed by atoms with Crippen LogP contribution in [0, 0.1) is 0 Å². The summed E-state index contributed by atoms with van der Waals surface area (Å²) in [7, 11) is -2.47. The molecule has 0 aromatic heterocycles. The van der Waals surface area contributed by atoms with Crippen molar-refractivity contribution in [2.45, 2.75) is 20.3 Å². The number of amides is 1. The van der Waals surface area contributed by atoms with Gasteiger partial charge in [-0.15, -0.1) is 0 Å². The van der Waals surface area contributed by atoms with Crippen molar-refractivity contribution in [3.63, 3.8) is 0 Å². The van der Waals surface area contributed by atoms with Gasteiger partial charge in [0.25, 0.3) is 5.91 Å². The number of hydrogen-bond donors (Lipinski definition) is 3. The number of ether oxygens (including phenoxy) is 1. The summed E-state index contributed by atoms with van der Waals surface area (Å²) in [5.74, 6) is -1.54. The fraction of sp³-hybridized carbons (Fsp3) is 0.217. The van der Waals surface area contributed by atoms with Crippen molar-refractivity contribution in [3.8, 4) is 11.1 Å². The molecular formula is C23H25N3O5S2. The number of anilines is 1. The highest BCUT2D eigenvalue weighted by Crippen LogP contribution is 2.39. The predicted octanol–water partition coefficient (Wildman–Crippen LogP) is 3.53. The lowest BCUT2D eigenvalue weighted by Crippen LogP contribution is -2.26. The van der Waals surface area contributed by atoms with E-state index in [0.717, 1.165) is 22.9 Å². The van der Waals surface area contributed by atoms with Crippen LogP contribution in [0.3, 0.4) is 0 Å². The summed E-state index contributed by atoms with van der Waals surface area (Å²) in [5, 5.41) is 5.72. The van der Waals surface area contributed by atoms with Gasteiger partial charge in [-0.25, -0.2) is 17.9 Å². The predicted molar refractivity (Wildman–Crippen MR) is 130 cm³/mol. The van der Waals surface area contributed by atoms with E-state index in [9.17, 15) is 18.0 Å². The maximum absolute atomic E-state index is 13.1. The molecule has 1 aliphatic rings. The Morgan fingerprint density at radius 3 is 2.21 bits per heavy atom. The first-order valence-electron chi connectivity index (χ1n) is 10.3. The molecule has 0 aliphatic carbocycles. The lowest BCUT2D eigenvalue weighted by atomic mass is 10.1. The standard InChI is InChI=1S/C23H25N3O5S2/c1-4-18-23(33(29,30)24-3)32-21(26-18)19(22(28)31-5-2)20(27)25-17-13-11-16(12-14-17)15-9-7-6-8-10-15/h6-14,24,26H,4-5H2,1-3H3,(H,25,27)/b21-19-. The maximum atomic E-state index is 13.1. The zero-order valence-corrected chi connectivity index (χ0v) is 20.1. The minimum atomic E-state index is -3.77. The number of allylic oxidation sites excluding steroid dienone is 1. The minimum Gasteiger partial charge on any atom is -0.462 e. The van der Waals surface area contributed by atoms with Crippen molar-refractivity contribution < 1.29 is 22.7 Å². The number of carbonyl (C=O) groups is 2. The van der Waals surface area contributed by atoms with Gasteiger partial charge >= 0.3 is 5.97 Å². The van der Waals surface area contributed by atoms with Gasteiger partial charge in [0.1, 0.15) is 4.24 Å². The van der Waals surface area contributed by atoms with Gasteiger partial charge in [-0.1, -0.05) is 61.2 Å². The van der Waals surface area contributed by atoms with Gasteiger partial charge in [0.05, 0.1) is 11.6 Å². The van der Waals surface area contributed by atoms with Crippen LogP contribution in [0.15, 0.2) is 75.1 Å². The third kappa shape index (κ3) is 5.65. The number of hydrogen-bond acceptors (Lipinski definition) is 7. The van der Waals surface area contributed by atoms with Crippen molar-refractivity contribution in [2.75, 3.05) is 19.0 Å². The van der Waals surface area contributed by atoms with Crippen molar-refractivity contribution in [3.05, 3.63) is 75.1 Å². The van der Waals surface area contributed by atoms with E-state index in [1.54, 1.807) is 26.0 Å². The summed E-state index contributed by atoms with van der Waals surface area (Å²) in [5.41, 5.74) is 2.60. The van der Waals surface area contributed by atoms with Crippen molar-refractivity contribution >= 4 is 39.3 Å². The first kappa shape index (κ1) is 24.6. The zero-order chi connectivity index (χ0) is 24.0. The van der Waals surface area contributed by atoms with Gasteiger partial charge in [0.2, 0.25) is 10.0 Å². The average Bonchev–Trinajstić information content (AvgIpc) is 3.25. The van der Waals surface area contributed by atoms with Crippen molar-refractivity contribution in [1.29, 1.82) is 0 Å². The minimum absolute atomic E-state index is 0.0179. The molecule has 0 bridgehead atoms. The molecule has 0 radical (unpaired) electrons. The Bertz CT molecular complexity index is 1200. The number of nitrogens with one attached hydrogen (secondary N) is 3. The van der Waals surface area contributed by atoms with Crippen LogP contribution in [0.5, 0.6) is 0 Å². The first-order chi connectivity index (χ1) is 15.8. The van der Waals surface area contributed by atoms with E-state index in [1.165, 1.54) is 7.05 Å². The molecule has 1 heterocycles. The highest BCUT2D eigenvalue weighted by atomic mass is 32.3. The Balaban J connectivity index is 1.89. The van der Waals surface area contributed by atoms with Crippen LogP contribution in [-0.4, -0.2) is 33.9 Å². The topological polar surface area (TPSA) is 114 Å². The maximum Gasteiger partial charge on any atom is 0.346 e. The van der Waals surface area contributed by atoms with Crippen molar-refractivity contribution in [1.82, 2.24) is 10.0 Å². The van der Waals surface area contributed by atoms with Gasteiger partial charge in [-0.05, 0) is 43.7 Å². The number of benzene rings is 2. The molecule has 0 fully saturated rings. The van der Waals surface area contributed by atoms with Crippen LogP contribution in [0.1, 0.15) is 20.3 Å². The van der Waals surface area contributed by atoms with Crippen LogP contribution in [0.25, 0.3) is 11.1 Å². The van der Waals surface area contributed by atoms with Crippen LogP contribution >= 0.6 is 11.8 Å².